The van der Waals surface area contributed by atoms with Crippen LogP contribution in [-0.2, 0) is 11.2 Å². The van der Waals surface area contributed by atoms with Gasteiger partial charge in [0.05, 0.1) is 11.6 Å². The molecule has 0 aliphatic carbocycles. The third-order valence-electron chi connectivity index (χ3n) is 3.20. The number of amides is 1. The second-order valence-electron chi connectivity index (χ2n) is 4.37. The second kappa shape index (κ2) is 4.68. The van der Waals surface area contributed by atoms with Crippen molar-refractivity contribution in [2.24, 2.45) is 0 Å². The predicted molar refractivity (Wildman–Crippen MR) is 72.3 cm³/mol. The van der Waals surface area contributed by atoms with Gasteiger partial charge in [-0.05, 0) is 34.4 Å². The van der Waals surface area contributed by atoms with Crippen LogP contribution in [0.15, 0.2) is 47.6 Å². The fourth-order valence-corrected chi connectivity index (χ4v) is 3.13. The Bertz CT molecular complexity index is 629. The van der Waals surface area contributed by atoms with Gasteiger partial charge in [0, 0.05) is 12.4 Å². The highest BCUT2D eigenvalue weighted by atomic mass is 32.2. The van der Waals surface area contributed by atoms with Gasteiger partial charge in [-0.3, -0.25) is 9.78 Å². The van der Waals surface area contributed by atoms with Crippen LogP contribution in [0.25, 0.3) is 0 Å². The molecule has 0 radical (unpaired) electrons. The molecular formula is C14H12N2O2S. The molecule has 2 unspecified atom stereocenters. The fourth-order valence-electron chi connectivity index (χ4n) is 2.36. The summed E-state index contributed by atoms with van der Waals surface area (Å²) in [6.07, 6.45) is 5.01. The van der Waals surface area contributed by atoms with E-state index in [9.17, 15) is 9.35 Å². The number of rotatable bonds is 2. The van der Waals surface area contributed by atoms with Gasteiger partial charge in [-0.25, -0.2) is 0 Å². The predicted octanol–water partition coefficient (Wildman–Crippen LogP) is 1.65. The molecule has 2 atom stereocenters. The van der Waals surface area contributed by atoms with Crippen LogP contribution in [0.2, 0.25) is 0 Å². The lowest BCUT2D eigenvalue weighted by Crippen LogP contribution is -2.20. The number of nitrogens with one attached hydrogen (secondary N) is 1. The molecular weight excluding hydrogens is 260 g/mol. The van der Waals surface area contributed by atoms with E-state index in [0.717, 1.165) is 11.1 Å². The Morgan fingerprint density at radius 2 is 2.16 bits per heavy atom. The van der Waals surface area contributed by atoms with E-state index >= 15 is 0 Å². The van der Waals surface area contributed by atoms with Gasteiger partial charge in [-0.1, -0.05) is 18.2 Å². The van der Waals surface area contributed by atoms with Crippen molar-refractivity contribution in [1.82, 2.24) is 10.3 Å². The Balaban J connectivity index is 2.13. The minimum atomic E-state index is -1.18. The third kappa shape index (κ3) is 2.01. The molecule has 1 N–H and O–H groups in total. The van der Waals surface area contributed by atoms with Gasteiger partial charge in [0.1, 0.15) is 6.26 Å². The standard InChI is InChI=1S/C14H12N2O2S/c1-19(18)11-6-2-5-10-12(11)14(17)16-13(10)9-4-3-7-15-8-9/h2-8,13H,1H3,(H,16,17). The minimum absolute atomic E-state index is 0.172. The van der Waals surface area contributed by atoms with E-state index in [4.69, 9.17) is 0 Å². The van der Waals surface area contributed by atoms with E-state index in [2.05, 4.69) is 10.3 Å². The molecule has 19 heavy (non-hydrogen) atoms. The second-order valence-corrected chi connectivity index (χ2v) is 5.72. The van der Waals surface area contributed by atoms with E-state index in [1.807, 2.05) is 24.3 Å². The Labute approximate surface area is 114 Å². The molecule has 3 rings (SSSR count). The summed E-state index contributed by atoms with van der Waals surface area (Å²) >= 11 is -1.18. The first kappa shape index (κ1) is 12.2. The highest BCUT2D eigenvalue weighted by Gasteiger charge is 2.34. The molecule has 1 aromatic heterocycles. The zero-order valence-electron chi connectivity index (χ0n) is 10.3. The van der Waals surface area contributed by atoms with Gasteiger partial charge >= 0.3 is 0 Å². The lowest BCUT2D eigenvalue weighted by molar-refractivity contribution is 0.0958. The molecule has 1 aromatic carbocycles. The summed E-state index contributed by atoms with van der Waals surface area (Å²) in [6.45, 7) is 0. The molecule has 1 aliphatic heterocycles. The SMILES string of the molecule is C[S+]([O-])c1cccc2c1C(=O)NC2c1cccnc1. The van der Waals surface area contributed by atoms with Crippen LogP contribution >= 0.6 is 0 Å². The number of aromatic nitrogens is 1. The maximum atomic E-state index is 12.1. The molecule has 1 aliphatic rings. The van der Waals surface area contributed by atoms with Gasteiger partial charge in [0.2, 0.25) is 0 Å². The molecule has 1 amide bonds. The van der Waals surface area contributed by atoms with Crippen LogP contribution in [0, 0.1) is 0 Å². The van der Waals surface area contributed by atoms with Crippen molar-refractivity contribution < 1.29 is 9.35 Å². The smallest absolute Gasteiger partial charge is 0.257 e. The number of hydrogen-bond acceptors (Lipinski definition) is 3. The van der Waals surface area contributed by atoms with Crippen molar-refractivity contribution >= 4 is 17.1 Å². The molecule has 0 spiro atoms. The number of benzene rings is 1. The number of carbonyl (C=O) groups is 1. The van der Waals surface area contributed by atoms with Gasteiger partial charge in [-0.2, -0.15) is 0 Å². The number of nitrogens with zero attached hydrogens (tertiary/aromatic N) is 1. The first-order valence-corrected chi connectivity index (χ1v) is 7.41. The number of pyridine rings is 1. The summed E-state index contributed by atoms with van der Waals surface area (Å²) in [5, 5.41) is 2.92. The molecule has 2 heterocycles. The number of hydrogen-bond donors (Lipinski definition) is 1. The first-order chi connectivity index (χ1) is 9.18. The molecule has 5 heteroatoms. The average Bonchev–Trinajstić information content (AvgIpc) is 2.77. The molecule has 0 bridgehead atoms. The molecule has 0 saturated heterocycles. The van der Waals surface area contributed by atoms with Crippen molar-refractivity contribution in [3.63, 3.8) is 0 Å². The largest absolute Gasteiger partial charge is 0.612 e. The van der Waals surface area contributed by atoms with Gasteiger partial charge in [0.15, 0.2) is 4.90 Å². The van der Waals surface area contributed by atoms with Crippen LogP contribution in [0.4, 0.5) is 0 Å². The van der Waals surface area contributed by atoms with Gasteiger partial charge in [0.25, 0.3) is 5.91 Å². The zero-order chi connectivity index (χ0) is 13.4. The van der Waals surface area contributed by atoms with Crippen molar-refractivity contribution in [3.8, 4) is 0 Å². The zero-order valence-corrected chi connectivity index (χ0v) is 11.1. The Morgan fingerprint density at radius 3 is 2.84 bits per heavy atom. The molecule has 2 aromatic rings. The van der Waals surface area contributed by atoms with Crippen molar-refractivity contribution in [2.75, 3.05) is 6.26 Å². The summed E-state index contributed by atoms with van der Waals surface area (Å²) in [7, 11) is 0. The van der Waals surface area contributed by atoms with E-state index < -0.39 is 11.2 Å². The Hall–Kier alpha value is -1.85. The van der Waals surface area contributed by atoms with Gasteiger partial charge < -0.3 is 9.87 Å². The monoisotopic (exact) mass is 272 g/mol. The van der Waals surface area contributed by atoms with Crippen molar-refractivity contribution in [1.29, 1.82) is 0 Å². The minimum Gasteiger partial charge on any atom is -0.612 e. The van der Waals surface area contributed by atoms with Crippen LogP contribution in [0.5, 0.6) is 0 Å². The summed E-state index contributed by atoms with van der Waals surface area (Å²) in [5.74, 6) is -0.172. The Morgan fingerprint density at radius 1 is 1.32 bits per heavy atom. The average molecular weight is 272 g/mol. The quantitative estimate of drug-likeness (QED) is 0.845. The highest BCUT2D eigenvalue weighted by molar-refractivity contribution is 7.90. The molecule has 96 valence electrons. The van der Waals surface area contributed by atoms with Crippen LogP contribution in [-0.4, -0.2) is 21.7 Å². The Kier molecular flexibility index (Phi) is 3.00. The van der Waals surface area contributed by atoms with E-state index in [-0.39, 0.29) is 11.9 Å². The van der Waals surface area contributed by atoms with Crippen LogP contribution < -0.4 is 5.32 Å². The third-order valence-corrected chi connectivity index (χ3v) is 4.16. The molecule has 0 saturated carbocycles. The number of carbonyl (C=O) groups excluding carboxylic acids is 1. The normalized spacial score (nSPS) is 18.8. The maximum absolute atomic E-state index is 12.1. The number of fused-ring (bicyclic) bond motifs is 1. The van der Waals surface area contributed by atoms with Crippen molar-refractivity contribution in [3.05, 3.63) is 59.4 Å². The van der Waals surface area contributed by atoms with E-state index in [1.165, 1.54) is 0 Å². The highest BCUT2D eigenvalue weighted by Crippen LogP contribution is 2.33. The van der Waals surface area contributed by atoms with E-state index in [0.29, 0.717) is 10.5 Å². The lowest BCUT2D eigenvalue weighted by atomic mass is 10.00. The molecule has 4 nitrogen and oxygen atoms in total. The lowest BCUT2D eigenvalue weighted by Gasteiger charge is -2.11. The first-order valence-electron chi connectivity index (χ1n) is 5.85. The summed E-state index contributed by atoms with van der Waals surface area (Å²) < 4.78 is 11.7. The van der Waals surface area contributed by atoms with Crippen LogP contribution in [0.1, 0.15) is 27.5 Å². The summed E-state index contributed by atoms with van der Waals surface area (Å²) in [6, 6.07) is 9.00. The van der Waals surface area contributed by atoms with Crippen LogP contribution in [0.3, 0.4) is 0 Å². The molecule has 0 fully saturated rings. The summed E-state index contributed by atoms with van der Waals surface area (Å²) in [5.41, 5.74) is 2.33. The van der Waals surface area contributed by atoms with E-state index in [1.54, 1.807) is 24.7 Å². The van der Waals surface area contributed by atoms with Gasteiger partial charge in [-0.15, -0.1) is 0 Å². The topological polar surface area (TPSA) is 65.0 Å². The fraction of sp³-hybridized carbons (Fsp3) is 0.143. The van der Waals surface area contributed by atoms with Crippen molar-refractivity contribution in [2.45, 2.75) is 10.9 Å². The maximum Gasteiger partial charge on any atom is 0.257 e. The summed E-state index contributed by atoms with van der Waals surface area (Å²) in [4.78, 5) is 16.8.